The van der Waals surface area contributed by atoms with Crippen LogP contribution < -0.4 is 0 Å². The Morgan fingerprint density at radius 1 is 0.250 bits per heavy atom. The molecular formula is C36H66. The first kappa shape index (κ1) is 35.0. The summed E-state index contributed by atoms with van der Waals surface area (Å²) in [7, 11) is 0. The third-order valence-electron chi connectivity index (χ3n) is 7.15. The molecule has 0 radical (unpaired) electrons. The SMILES string of the molecule is CCCCCC=CCC=CCCCCCCCCCCCCCCCC/C=C\C/C=C\CCCCC. The van der Waals surface area contributed by atoms with Crippen LogP contribution in [0, 0.1) is 0 Å². The molecule has 36 heavy (non-hydrogen) atoms. The quantitative estimate of drug-likeness (QED) is 0.0710. The van der Waals surface area contributed by atoms with Crippen molar-refractivity contribution in [2.75, 3.05) is 0 Å². The minimum absolute atomic E-state index is 1.13. The summed E-state index contributed by atoms with van der Waals surface area (Å²) in [5, 5.41) is 0. The largest absolute Gasteiger partial charge is 0.0882 e. The molecule has 0 fully saturated rings. The van der Waals surface area contributed by atoms with Crippen LogP contribution in [-0.2, 0) is 0 Å². The summed E-state index contributed by atoms with van der Waals surface area (Å²) in [6.45, 7) is 4.54. The van der Waals surface area contributed by atoms with E-state index in [1.807, 2.05) is 0 Å². The van der Waals surface area contributed by atoms with Gasteiger partial charge in [0.25, 0.3) is 0 Å². The van der Waals surface area contributed by atoms with E-state index in [2.05, 4.69) is 62.5 Å². The molecule has 0 spiro atoms. The maximum atomic E-state index is 2.39. The standard InChI is InChI=1S/C36H66/c1-3-5-7-9-11-13-15-17-19-21-23-25-27-29-31-33-35-36-34-32-30-28-26-24-22-20-18-16-14-12-10-8-6-4-2/h11-14,17-20H,3-10,15-16,21-36H2,1-2H3/b13-11-,14-12?,19-17-,20-18?. The van der Waals surface area contributed by atoms with Crippen molar-refractivity contribution in [3.63, 3.8) is 0 Å². The first-order valence-corrected chi connectivity index (χ1v) is 16.5. The van der Waals surface area contributed by atoms with Crippen molar-refractivity contribution < 1.29 is 0 Å². The van der Waals surface area contributed by atoms with Crippen LogP contribution >= 0.6 is 0 Å². The van der Waals surface area contributed by atoms with Crippen LogP contribution in [0.5, 0.6) is 0 Å². The van der Waals surface area contributed by atoms with Gasteiger partial charge in [0.05, 0.1) is 0 Å². The Kier molecular flexibility index (Phi) is 33.0. The third kappa shape index (κ3) is 33.0. The number of hydrogen-bond donors (Lipinski definition) is 0. The Bertz CT molecular complexity index is 446. The monoisotopic (exact) mass is 499 g/mol. The Balaban J connectivity index is 3.16. The van der Waals surface area contributed by atoms with Crippen molar-refractivity contribution >= 4 is 0 Å². The van der Waals surface area contributed by atoms with Crippen LogP contribution in [0.2, 0.25) is 0 Å². The molecule has 0 N–H and O–H groups in total. The third-order valence-corrected chi connectivity index (χ3v) is 7.15. The molecule has 210 valence electrons. The first-order valence-electron chi connectivity index (χ1n) is 16.5. The lowest BCUT2D eigenvalue weighted by atomic mass is 10.0. The highest BCUT2D eigenvalue weighted by atomic mass is 14.0. The van der Waals surface area contributed by atoms with Crippen LogP contribution in [0.15, 0.2) is 48.6 Å². The fraction of sp³-hybridized carbons (Fsp3) is 0.778. The Morgan fingerprint density at radius 2 is 0.472 bits per heavy atom. The maximum absolute atomic E-state index is 2.39. The zero-order valence-corrected chi connectivity index (χ0v) is 25.0. The second-order valence-electron chi connectivity index (χ2n) is 10.9. The summed E-state index contributed by atoms with van der Waals surface area (Å²) >= 11 is 0. The van der Waals surface area contributed by atoms with E-state index in [0.717, 1.165) is 12.8 Å². The van der Waals surface area contributed by atoms with E-state index in [1.54, 1.807) is 0 Å². The molecule has 0 heteroatoms. The Morgan fingerprint density at radius 3 is 0.722 bits per heavy atom. The molecule has 0 atom stereocenters. The van der Waals surface area contributed by atoms with E-state index in [-0.39, 0.29) is 0 Å². The van der Waals surface area contributed by atoms with Crippen molar-refractivity contribution in [3.8, 4) is 0 Å². The van der Waals surface area contributed by atoms with Gasteiger partial charge in [-0.05, 0) is 64.2 Å². The first-order chi connectivity index (χ1) is 17.9. The molecule has 0 aliphatic carbocycles. The Hall–Kier alpha value is -1.04. The van der Waals surface area contributed by atoms with Crippen LogP contribution in [0.25, 0.3) is 0 Å². The van der Waals surface area contributed by atoms with E-state index >= 15 is 0 Å². The van der Waals surface area contributed by atoms with Gasteiger partial charge in [-0.3, -0.25) is 0 Å². The highest BCUT2D eigenvalue weighted by Crippen LogP contribution is 2.14. The minimum Gasteiger partial charge on any atom is -0.0882 e. The number of unbranched alkanes of at least 4 members (excludes halogenated alkanes) is 21. The molecule has 0 aliphatic rings. The summed E-state index contributed by atoms with van der Waals surface area (Å²) < 4.78 is 0. The van der Waals surface area contributed by atoms with Gasteiger partial charge in [0.1, 0.15) is 0 Å². The van der Waals surface area contributed by atoms with Crippen molar-refractivity contribution in [2.45, 2.75) is 181 Å². The summed E-state index contributed by atoms with van der Waals surface area (Å²) in [5.41, 5.74) is 0. The zero-order chi connectivity index (χ0) is 26.0. The van der Waals surface area contributed by atoms with Gasteiger partial charge < -0.3 is 0 Å². The second-order valence-corrected chi connectivity index (χ2v) is 10.9. The maximum Gasteiger partial charge on any atom is -0.0169 e. The zero-order valence-electron chi connectivity index (χ0n) is 25.0. The smallest absolute Gasteiger partial charge is 0.0169 e. The van der Waals surface area contributed by atoms with Gasteiger partial charge in [-0.2, -0.15) is 0 Å². The minimum atomic E-state index is 1.13. The average molecular weight is 499 g/mol. The molecule has 0 heterocycles. The van der Waals surface area contributed by atoms with Gasteiger partial charge in [0, 0.05) is 0 Å². The van der Waals surface area contributed by atoms with Gasteiger partial charge in [0.2, 0.25) is 0 Å². The molecule has 0 aliphatic heterocycles. The molecule has 0 aromatic heterocycles. The van der Waals surface area contributed by atoms with Crippen molar-refractivity contribution in [3.05, 3.63) is 48.6 Å². The molecule has 0 saturated carbocycles. The molecule has 0 rings (SSSR count). The fourth-order valence-corrected chi connectivity index (χ4v) is 4.68. The van der Waals surface area contributed by atoms with Crippen molar-refractivity contribution in [1.29, 1.82) is 0 Å². The second kappa shape index (κ2) is 34.0. The lowest BCUT2D eigenvalue weighted by Crippen LogP contribution is -1.83. The predicted octanol–water partition coefficient (Wildman–Crippen LogP) is 13.4. The van der Waals surface area contributed by atoms with E-state index in [4.69, 9.17) is 0 Å². The van der Waals surface area contributed by atoms with E-state index < -0.39 is 0 Å². The fourth-order valence-electron chi connectivity index (χ4n) is 4.68. The molecule has 0 unspecified atom stereocenters. The van der Waals surface area contributed by atoms with Crippen LogP contribution in [0.1, 0.15) is 181 Å². The topological polar surface area (TPSA) is 0 Å². The number of rotatable bonds is 29. The lowest BCUT2D eigenvalue weighted by Gasteiger charge is -2.03. The van der Waals surface area contributed by atoms with Gasteiger partial charge in [-0.25, -0.2) is 0 Å². The summed E-state index contributed by atoms with van der Waals surface area (Å²) in [6, 6.07) is 0. The molecular weight excluding hydrogens is 432 g/mol. The highest BCUT2D eigenvalue weighted by molar-refractivity contribution is 4.93. The van der Waals surface area contributed by atoms with E-state index in [9.17, 15) is 0 Å². The van der Waals surface area contributed by atoms with E-state index in [0.29, 0.717) is 0 Å². The van der Waals surface area contributed by atoms with Gasteiger partial charge in [0.15, 0.2) is 0 Å². The van der Waals surface area contributed by atoms with Gasteiger partial charge >= 0.3 is 0 Å². The normalized spacial score (nSPS) is 12.4. The van der Waals surface area contributed by atoms with Gasteiger partial charge in [-0.1, -0.05) is 165 Å². The molecule has 0 bridgehead atoms. The summed E-state index contributed by atoms with van der Waals surface area (Å²) in [6.07, 6.45) is 54.5. The summed E-state index contributed by atoms with van der Waals surface area (Å²) in [4.78, 5) is 0. The number of hydrogen-bond acceptors (Lipinski definition) is 0. The van der Waals surface area contributed by atoms with E-state index in [1.165, 1.54) is 154 Å². The van der Waals surface area contributed by atoms with Crippen LogP contribution in [0.4, 0.5) is 0 Å². The number of allylic oxidation sites excluding steroid dienone is 8. The Labute approximate surface area is 229 Å². The van der Waals surface area contributed by atoms with Crippen LogP contribution in [-0.4, -0.2) is 0 Å². The predicted molar refractivity (Wildman–Crippen MR) is 168 cm³/mol. The molecule has 0 amide bonds. The molecule has 0 saturated heterocycles. The highest BCUT2D eigenvalue weighted by Gasteiger charge is 1.94. The average Bonchev–Trinajstić information content (AvgIpc) is 2.89. The van der Waals surface area contributed by atoms with Gasteiger partial charge in [-0.15, -0.1) is 0 Å². The molecule has 0 aromatic carbocycles. The molecule has 0 nitrogen and oxygen atoms in total. The lowest BCUT2D eigenvalue weighted by molar-refractivity contribution is 0.534. The van der Waals surface area contributed by atoms with Crippen molar-refractivity contribution in [2.24, 2.45) is 0 Å². The van der Waals surface area contributed by atoms with Crippen LogP contribution in [0.3, 0.4) is 0 Å². The summed E-state index contributed by atoms with van der Waals surface area (Å²) in [5.74, 6) is 0. The molecule has 0 aromatic rings. The van der Waals surface area contributed by atoms with Crippen molar-refractivity contribution in [1.82, 2.24) is 0 Å².